The van der Waals surface area contributed by atoms with Gasteiger partial charge in [-0.15, -0.1) is 0 Å². The van der Waals surface area contributed by atoms with Gasteiger partial charge >= 0.3 is 0 Å². The fraction of sp³-hybridized carbons (Fsp3) is 0.462. The van der Waals surface area contributed by atoms with E-state index in [4.69, 9.17) is 15.7 Å². The lowest BCUT2D eigenvalue weighted by atomic mass is 9.93. The van der Waals surface area contributed by atoms with E-state index in [9.17, 15) is 0 Å². The average Bonchev–Trinajstić information content (AvgIpc) is 2.16. The summed E-state index contributed by atoms with van der Waals surface area (Å²) in [7, 11) is 0. The van der Waals surface area contributed by atoms with Crippen LogP contribution < -0.4 is 10.5 Å². The number of nitrogens with zero attached hydrogens (tertiary/aromatic N) is 1. The van der Waals surface area contributed by atoms with Gasteiger partial charge in [-0.2, -0.15) is 5.26 Å². The first-order valence-corrected chi connectivity index (χ1v) is 5.35. The molecular weight excluding hydrogens is 200 g/mol. The fourth-order valence-corrected chi connectivity index (χ4v) is 1.21. The second kappa shape index (κ2) is 4.89. The summed E-state index contributed by atoms with van der Waals surface area (Å²) in [6.07, 6.45) is 0.979. The number of hydrogen-bond donors (Lipinski definition) is 1. The summed E-state index contributed by atoms with van der Waals surface area (Å²) >= 11 is 0. The molecule has 0 saturated carbocycles. The Labute approximate surface area is 96.8 Å². The topological polar surface area (TPSA) is 59.0 Å². The predicted molar refractivity (Wildman–Crippen MR) is 65.1 cm³/mol. The minimum absolute atomic E-state index is 0.262. The van der Waals surface area contributed by atoms with E-state index >= 15 is 0 Å². The maximum Gasteiger partial charge on any atom is 0.121 e. The van der Waals surface area contributed by atoms with E-state index in [0.717, 1.165) is 12.2 Å². The smallest absolute Gasteiger partial charge is 0.121 e. The molecule has 3 heteroatoms. The van der Waals surface area contributed by atoms with Crippen LogP contribution in [0, 0.1) is 16.7 Å². The number of hydrogen-bond acceptors (Lipinski definition) is 3. The van der Waals surface area contributed by atoms with Gasteiger partial charge < -0.3 is 10.5 Å². The minimum Gasteiger partial charge on any atom is -0.493 e. The van der Waals surface area contributed by atoms with Gasteiger partial charge in [0.05, 0.1) is 17.9 Å². The zero-order valence-electron chi connectivity index (χ0n) is 10.1. The van der Waals surface area contributed by atoms with E-state index in [0.29, 0.717) is 17.9 Å². The van der Waals surface area contributed by atoms with Gasteiger partial charge in [0.15, 0.2) is 0 Å². The van der Waals surface area contributed by atoms with Crippen molar-refractivity contribution in [2.45, 2.75) is 27.2 Å². The summed E-state index contributed by atoms with van der Waals surface area (Å²) in [6.45, 7) is 7.17. The molecule has 0 aliphatic carbocycles. The summed E-state index contributed by atoms with van der Waals surface area (Å²) in [5.41, 5.74) is 6.91. The molecule has 0 aromatic heterocycles. The van der Waals surface area contributed by atoms with Crippen molar-refractivity contribution in [2.24, 2.45) is 5.41 Å². The van der Waals surface area contributed by atoms with Crippen LogP contribution in [0.2, 0.25) is 0 Å². The molecule has 0 unspecified atom stereocenters. The van der Waals surface area contributed by atoms with Crippen LogP contribution in [0.15, 0.2) is 18.2 Å². The summed E-state index contributed by atoms with van der Waals surface area (Å²) < 4.78 is 5.57. The molecule has 0 spiro atoms. The largest absolute Gasteiger partial charge is 0.493 e. The van der Waals surface area contributed by atoms with Crippen molar-refractivity contribution < 1.29 is 4.74 Å². The van der Waals surface area contributed by atoms with Crippen LogP contribution in [-0.2, 0) is 0 Å². The van der Waals surface area contributed by atoms with Gasteiger partial charge in [-0.05, 0) is 24.0 Å². The number of ether oxygens (including phenoxy) is 1. The molecule has 0 aliphatic heterocycles. The van der Waals surface area contributed by atoms with Crippen LogP contribution in [0.1, 0.15) is 32.8 Å². The second-order valence-corrected chi connectivity index (χ2v) is 5.02. The lowest BCUT2D eigenvalue weighted by Gasteiger charge is -2.18. The molecule has 0 radical (unpaired) electrons. The number of nitriles is 1. The van der Waals surface area contributed by atoms with Gasteiger partial charge in [-0.25, -0.2) is 0 Å². The quantitative estimate of drug-likeness (QED) is 0.793. The van der Waals surface area contributed by atoms with Gasteiger partial charge in [-0.1, -0.05) is 20.8 Å². The lowest BCUT2D eigenvalue weighted by Crippen LogP contribution is -2.11. The van der Waals surface area contributed by atoms with Gasteiger partial charge in [-0.3, -0.25) is 0 Å². The van der Waals surface area contributed by atoms with Crippen LogP contribution >= 0.6 is 0 Å². The van der Waals surface area contributed by atoms with E-state index in [1.54, 1.807) is 18.2 Å². The highest BCUT2D eigenvalue weighted by atomic mass is 16.5. The number of nitrogens with two attached hydrogens (primary N) is 1. The van der Waals surface area contributed by atoms with Crippen molar-refractivity contribution in [2.75, 3.05) is 12.3 Å². The number of benzene rings is 1. The Hall–Kier alpha value is -1.69. The predicted octanol–water partition coefficient (Wildman–Crippen LogP) is 2.96. The molecule has 1 aromatic rings. The van der Waals surface area contributed by atoms with Crippen LogP contribution in [-0.4, -0.2) is 6.61 Å². The Balaban J connectivity index is 2.57. The lowest BCUT2D eigenvalue weighted by molar-refractivity contribution is 0.243. The van der Waals surface area contributed by atoms with E-state index in [-0.39, 0.29) is 5.41 Å². The third-order valence-corrected chi connectivity index (χ3v) is 2.26. The molecule has 0 amide bonds. The second-order valence-electron chi connectivity index (χ2n) is 5.02. The van der Waals surface area contributed by atoms with Crippen LogP contribution in [0.25, 0.3) is 0 Å². The molecule has 16 heavy (non-hydrogen) atoms. The number of anilines is 1. The Morgan fingerprint density at radius 2 is 2.06 bits per heavy atom. The van der Waals surface area contributed by atoms with Crippen molar-refractivity contribution in [3.05, 3.63) is 23.8 Å². The summed E-state index contributed by atoms with van der Waals surface area (Å²) in [6, 6.07) is 7.18. The van der Waals surface area contributed by atoms with Crippen molar-refractivity contribution in [1.82, 2.24) is 0 Å². The first-order chi connectivity index (χ1) is 7.42. The van der Waals surface area contributed by atoms with Gasteiger partial charge in [0.25, 0.3) is 0 Å². The van der Waals surface area contributed by atoms with Crippen molar-refractivity contribution in [3.8, 4) is 11.8 Å². The van der Waals surface area contributed by atoms with Gasteiger partial charge in [0.1, 0.15) is 11.8 Å². The van der Waals surface area contributed by atoms with Crippen molar-refractivity contribution in [3.63, 3.8) is 0 Å². The first kappa shape index (κ1) is 12.4. The highest BCUT2D eigenvalue weighted by Crippen LogP contribution is 2.22. The van der Waals surface area contributed by atoms with E-state index in [2.05, 4.69) is 20.8 Å². The van der Waals surface area contributed by atoms with Crippen molar-refractivity contribution in [1.29, 1.82) is 5.26 Å². The summed E-state index contributed by atoms with van der Waals surface area (Å²) in [4.78, 5) is 0. The fourth-order valence-electron chi connectivity index (χ4n) is 1.21. The molecule has 3 nitrogen and oxygen atoms in total. The third-order valence-electron chi connectivity index (χ3n) is 2.26. The number of rotatable bonds is 3. The molecule has 0 bridgehead atoms. The Kier molecular flexibility index (Phi) is 3.78. The molecule has 0 heterocycles. The monoisotopic (exact) mass is 218 g/mol. The normalized spacial score (nSPS) is 10.9. The van der Waals surface area contributed by atoms with E-state index < -0.39 is 0 Å². The molecular formula is C13H18N2O. The maximum absolute atomic E-state index is 8.72. The molecule has 0 fully saturated rings. The number of nitrogen functional groups attached to an aromatic ring is 1. The average molecular weight is 218 g/mol. The molecule has 1 aromatic carbocycles. The molecule has 0 saturated heterocycles. The third kappa shape index (κ3) is 3.82. The zero-order valence-corrected chi connectivity index (χ0v) is 10.1. The maximum atomic E-state index is 8.72. The van der Waals surface area contributed by atoms with Gasteiger partial charge in [0, 0.05) is 6.07 Å². The summed E-state index contributed by atoms with van der Waals surface area (Å²) in [5.74, 6) is 0.723. The zero-order chi connectivity index (χ0) is 12.2. The Morgan fingerprint density at radius 3 is 2.56 bits per heavy atom. The van der Waals surface area contributed by atoms with Crippen molar-refractivity contribution >= 4 is 5.69 Å². The standard InChI is InChI=1S/C13H18N2O/c1-13(2,3)6-7-16-11-5-4-10(9-14)12(15)8-11/h4-5,8H,6-7,15H2,1-3H3. The van der Waals surface area contributed by atoms with E-state index in [1.165, 1.54) is 0 Å². The highest BCUT2D eigenvalue weighted by molar-refractivity contribution is 5.56. The molecule has 1 rings (SSSR count). The molecule has 2 N–H and O–H groups in total. The molecule has 0 atom stereocenters. The first-order valence-electron chi connectivity index (χ1n) is 5.35. The molecule has 0 aliphatic rings. The minimum atomic E-state index is 0.262. The van der Waals surface area contributed by atoms with Crippen LogP contribution in [0.4, 0.5) is 5.69 Å². The van der Waals surface area contributed by atoms with Gasteiger partial charge in [0.2, 0.25) is 0 Å². The van der Waals surface area contributed by atoms with Crippen LogP contribution in [0.3, 0.4) is 0 Å². The summed E-state index contributed by atoms with van der Waals surface area (Å²) in [5, 5.41) is 8.72. The van der Waals surface area contributed by atoms with Crippen LogP contribution in [0.5, 0.6) is 5.75 Å². The highest BCUT2D eigenvalue weighted by Gasteiger charge is 2.10. The Bertz CT molecular complexity index is 399. The Morgan fingerprint density at radius 1 is 1.38 bits per heavy atom. The SMILES string of the molecule is CC(C)(C)CCOc1ccc(C#N)c(N)c1. The van der Waals surface area contributed by atoms with E-state index in [1.807, 2.05) is 6.07 Å². The molecule has 86 valence electrons.